The second-order valence-electron chi connectivity index (χ2n) is 6.48. The highest BCUT2D eigenvalue weighted by molar-refractivity contribution is 5.95. The molecule has 0 unspecified atom stereocenters. The summed E-state index contributed by atoms with van der Waals surface area (Å²) in [4.78, 5) is 33.8. The fraction of sp³-hybridized carbons (Fsp3) is 0.529. The summed E-state index contributed by atoms with van der Waals surface area (Å²) in [5.74, 6) is -0.156. The van der Waals surface area contributed by atoms with Gasteiger partial charge in [-0.1, -0.05) is 6.92 Å². The Morgan fingerprint density at radius 1 is 1.42 bits per heavy atom. The third-order valence-electron chi connectivity index (χ3n) is 4.61. The van der Waals surface area contributed by atoms with Gasteiger partial charge in [0.2, 0.25) is 5.91 Å². The molecule has 1 saturated heterocycles. The van der Waals surface area contributed by atoms with Crippen molar-refractivity contribution >= 4 is 17.6 Å². The smallest absolute Gasteiger partial charge is 0.322 e. The van der Waals surface area contributed by atoms with Gasteiger partial charge in [-0.15, -0.1) is 0 Å². The molecule has 0 bridgehead atoms. The molecule has 2 aromatic heterocycles. The Hall–Kier alpha value is -2.84. The fourth-order valence-corrected chi connectivity index (χ4v) is 3.25. The Balaban J connectivity index is 1.78. The standard InChI is InChI=1S/C17H25N7O2/c1-4-6-24-12(3)15(11(2)22-24)21-17(26)23-7-5-19-16(25)14(23)8-13-9-18-10-20-13/h9-10,14H,4-8H2,1-3H3,(H,18,20)(H,19,25)(H,21,26)/t14-/m0/s1. The fourth-order valence-electron chi connectivity index (χ4n) is 3.25. The van der Waals surface area contributed by atoms with Crippen molar-refractivity contribution in [2.24, 2.45) is 0 Å². The lowest BCUT2D eigenvalue weighted by atomic mass is 10.1. The highest BCUT2D eigenvalue weighted by atomic mass is 16.2. The van der Waals surface area contributed by atoms with Crippen molar-refractivity contribution in [1.82, 2.24) is 30.0 Å². The highest BCUT2D eigenvalue weighted by Crippen LogP contribution is 2.21. The Bertz CT molecular complexity index is 781. The van der Waals surface area contributed by atoms with Gasteiger partial charge in [-0.05, 0) is 20.3 Å². The van der Waals surface area contributed by atoms with Crippen LogP contribution in [0.2, 0.25) is 0 Å². The maximum absolute atomic E-state index is 12.9. The molecule has 0 spiro atoms. The third kappa shape index (κ3) is 3.56. The largest absolute Gasteiger partial charge is 0.353 e. The first kappa shape index (κ1) is 18.0. The van der Waals surface area contributed by atoms with E-state index < -0.39 is 6.04 Å². The molecule has 9 heteroatoms. The number of hydrogen-bond donors (Lipinski definition) is 3. The first-order valence-electron chi connectivity index (χ1n) is 8.87. The second-order valence-corrected chi connectivity index (χ2v) is 6.48. The zero-order chi connectivity index (χ0) is 18.7. The molecule has 3 heterocycles. The van der Waals surface area contributed by atoms with Crippen LogP contribution in [0.1, 0.15) is 30.4 Å². The number of aromatic nitrogens is 4. The third-order valence-corrected chi connectivity index (χ3v) is 4.61. The predicted octanol–water partition coefficient (Wildman–Crippen LogP) is 1.21. The van der Waals surface area contributed by atoms with E-state index in [1.807, 2.05) is 18.5 Å². The van der Waals surface area contributed by atoms with E-state index in [4.69, 9.17) is 0 Å². The van der Waals surface area contributed by atoms with Gasteiger partial charge in [-0.2, -0.15) is 5.10 Å². The Kier molecular flexibility index (Phi) is 5.24. The molecule has 1 fully saturated rings. The molecule has 2 aromatic rings. The number of aromatic amines is 1. The van der Waals surface area contributed by atoms with Crippen LogP contribution in [0.15, 0.2) is 12.5 Å². The number of urea groups is 1. The van der Waals surface area contributed by atoms with Gasteiger partial charge in [-0.3, -0.25) is 9.48 Å². The van der Waals surface area contributed by atoms with Gasteiger partial charge in [0.25, 0.3) is 0 Å². The number of nitrogens with one attached hydrogen (secondary N) is 3. The van der Waals surface area contributed by atoms with Gasteiger partial charge >= 0.3 is 6.03 Å². The second kappa shape index (κ2) is 7.59. The zero-order valence-electron chi connectivity index (χ0n) is 15.4. The van der Waals surface area contributed by atoms with E-state index >= 15 is 0 Å². The van der Waals surface area contributed by atoms with Crippen LogP contribution in [0.25, 0.3) is 0 Å². The number of carbonyl (C=O) groups is 2. The number of imidazole rings is 1. The van der Waals surface area contributed by atoms with Crippen molar-refractivity contribution < 1.29 is 9.59 Å². The first-order valence-corrected chi connectivity index (χ1v) is 8.87. The monoisotopic (exact) mass is 359 g/mol. The lowest BCUT2D eigenvalue weighted by Crippen LogP contribution is -2.59. The van der Waals surface area contributed by atoms with Crippen LogP contribution >= 0.6 is 0 Å². The Morgan fingerprint density at radius 2 is 2.23 bits per heavy atom. The van der Waals surface area contributed by atoms with Gasteiger partial charge in [-0.25, -0.2) is 9.78 Å². The molecule has 3 amide bonds. The van der Waals surface area contributed by atoms with Gasteiger partial charge in [0.1, 0.15) is 6.04 Å². The summed E-state index contributed by atoms with van der Waals surface area (Å²) in [7, 11) is 0. The van der Waals surface area contributed by atoms with E-state index in [-0.39, 0.29) is 11.9 Å². The number of nitrogens with zero attached hydrogens (tertiary/aromatic N) is 4. The molecule has 9 nitrogen and oxygen atoms in total. The molecule has 1 atom stereocenters. The van der Waals surface area contributed by atoms with E-state index in [1.54, 1.807) is 17.4 Å². The van der Waals surface area contributed by atoms with E-state index in [9.17, 15) is 9.59 Å². The van der Waals surface area contributed by atoms with Crippen LogP contribution in [0.4, 0.5) is 10.5 Å². The molecule has 1 aliphatic rings. The van der Waals surface area contributed by atoms with Gasteiger partial charge in [0, 0.05) is 37.9 Å². The molecular formula is C17H25N7O2. The molecule has 1 aliphatic heterocycles. The quantitative estimate of drug-likeness (QED) is 0.745. The van der Waals surface area contributed by atoms with Crippen molar-refractivity contribution in [2.75, 3.05) is 18.4 Å². The SMILES string of the molecule is CCCn1nc(C)c(NC(=O)N2CCNC(=O)[C@@H]2Cc2cnc[nH]2)c1C. The van der Waals surface area contributed by atoms with E-state index in [1.165, 1.54) is 0 Å². The van der Waals surface area contributed by atoms with Gasteiger partial charge in [0.15, 0.2) is 0 Å². The normalized spacial score (nSPS) is 17.3. The molecule has 0 aromatic carbocycles. The van der Waals surface area contributed by atoms with Crippen molar-refractivity contribution in [1.29, 1.82) is 0 Å². The maximum Gasteiger partial charge on any atom is 0.322 e. The summed E-state index contributed by atoms with van der Waals surface area (Å²) in [5, 5.41) is 10.3. The number of amides is 3. The Morgan fingerprint density at radius 3 is 2.92 bits per heavy atom. The molecule has 0 radical (unpaired) electrons. The number of carbonyl (C=O) groups excluding carboxylic acids is 2. The van der Waals surface area contributed by atoms with E-state index in [0.717, 1.165) is 35.7 Å². The zero-order valence-corrected chi connectivity index (χ0v) is 15.4. The van der Waals surface area contributed by atoms with Gasteiger partial charge < -0.3 is 20.5 Å². The van der Waals surface area contributed by atoms with Crippen molar-refractivity contribution in [3.8, 4) is 0 Å². The lowest BCUT2D eigenvalue weighted by molar-refractivity contribution is -0.127. The molecule has 3 rings (SSSR count). The number of rotatable bonds is 5. The molecule has 140 valence electrons. The minimum absolute atomic E-state index is 0.156. The number of aryl methyl sites for hydroxylation is 2. The molecule has 0 aliphatic carbocycles. The topological polar surface area (TPSA) is 108 Å². The molecule has 26 heavy (non-hydrogen) atoms. The average molecular weight is 359 g/mol. The minimum atomic E-state index is -0.574. The maximum atomic E-state index is 12.9. The number of anilines is 1. The van der Waals surface area contributed by atoms with Crippen LogP contribution in [-0.4, -0.2) is 55.7 Å². The van der Waals surface area contributed by atoms with Crippen LogP contribution in [0.5, 0.6) is 0 Å². The summed E-state index contributed by atoms with van der Waals surface area (Å²) in [6, 6.07) is -0.859. The summed E-state index contributed by atoms with van der Waals surface area (Å²) >= 11 is 0. The van der Waals surface area contributed by atoms with Crippen LogP contribution in [0, 0.1) is 13.8 Å². The van der Waals surface area contributed by atoms with Crippen molar-refractivity contribution in [3.63, 3.8) is 0 Å². The minimum Gasteiger partial charge on any atom is -0.353 e. The summed E-state index contributed by atoms with van der Waals surface area (Å²) in [5.41, 5.74) is 3.22. The number of hydrogen-bond acceptors (Lipinski definition) is 4. The van der Waals surface area contributed by atoms with Crippen molar-refractivity contribution in [3.05, 3.63) is 29.6 Å². The first-order chi connectivity index (χ1) is 12.5. The molecule has 3 N–H and O–H groups in total. The number of piperazine rings is 1. The summed E-state index contributed by atoms with van der Waals surface area (Å²) < 4.78 is 1.90. The lowest BCUT2D eigenvalue weighted by Gasteiger charge is -2.34. The van der Waals surface area contributed by atoms with Crippen LogP contribution < -0.4 is 10.6 Å². The van der Waals surface area contributed by atoms with E-state index in [2.05, 4.69) is 32.6 Å². The predicted molar refractivity (Wildman–Crippen MR) is 96.8 cm³/mol. The summed E-state index contributed by atoms with van der Waals surface area (Å²) in [6.07, 6.45) is 4.59. The van der Waals surface area contributed by atoms with E-state index in [0.29, 0.717) is 19.5 Å². The van der Waals surface area contributed by atoms with Gasteiger partial charge in [0.05, 0.1) is 23.4 Å². The molecular weight excluding hydrogens is 334 g/mol. The highest BCUT2D eigenvalue weighted by Gasteiger charge is 2.34. The molecule has 0 saturated carbocycles. The Labute approximate surface area is 152 Å². The van der Waals surface area contributed by atoms with Crippen LogP contribution in [0.3, 0.4) is 0 Å². The number of H-pyrrole nitrogens is 1. The average Bonchev–Trinajstić information content (AvgIpc) is 3.21. The summed E-state index contributed by atoms with van der Waals surface area (Å²) in [6.45, 7) is 7.60. The van der Waals surface area contributed by atoms with Crippen molar-refractivity contribution in [2.45, 2.75) is 46.2 Å². The van der Waals surface area contributed by atoms with Crippen LogP contribution in [-0.2, 0) is 17.8 Å².